The van der Waals surface area contributed by atoms with Crippen LogP contribution >= 0.6 is 0 Å². The van der Waals surface area contributed by atoms with E-state index in [0.29, 0.717) is 11.1 Å². The zero-order valence-electron chi connectivity index (χ0n) is 10.2. The highest BCUT2D eigenvalue weighted by Gasteiger charge is 2.17. The Morgan fingerprint density at radius 1 is 1.11 bits per heavy atom. The maximum absolute atomic E-state index is 14.1. The van der Waals surface area contributed by atoms with Crippen LogP contribution in [-0.2, 0) is 0 Å². The van der Waals surface area contributed by atoms with Crippen molar-refractivity contribution in [1.82, 2.24) is 4.98 Å². The number of anilines is 2. The number of piperidine rings is 1. The number of halogens is 1. The highest BCUT2D eigenvalue weighted by molar-refractivity contribution is 5.99. The molecule has 1 fully saturated rings. The minimum absolute atomic E-state index is 0.243. The normalized spacial score (nSPS) is 16.2. The molecule has 0 atom stereocenters. The number of benzene rings is 1. The van der Waals surface area contributed by atoms with Gasteiger partial charge in [0.05, 0.1) is 5.39 Å². The minimum atomic E-state index is -0.243. The second-order valence-electron chi connectivity index (χ2n) is 4.74. The molecule has 94 valence electrons. The van der Waals surface area contributed by atoms with Gasteiger partial charge in [-0.2, -0.15) is 0 Å². The molecule has 3 nitrogen and oxygen atoms in total. The molecular weight excluding hydrogens is 229 g/mol. The third-order valence-electron chi connectivity index (χ3n) is 3.55. The van der Waals surface area contributed by atoms with Gasteiger partial charge in [-0.25, -0.2) is 9.37 Å². The molecule has 0 amide bonds. The van der Waals surface area contributed by atoms with Crippen molar-refractivity contribution in [2.45, 2.75) is 19.3 Å². The third kappa shape index (κ3) is 1.78. The first-order valence-electron chi connectivity index (χ1n) is 6.35. The average Bonchev–Trinajstić information content (AvgIpc) is 2.43. The van der Waals surface area contributed by atoms with Gasteiger partial charge in [0.2, 0.25) is 0 Å². The van der Waals surface area contributed by atoms with E-state index in [1.54, 1.807) is 18.3 Å². The Labute approximate surface area is 105 Å². The Balaban J connectivity index is 2.19. The second kappa shape index (κ2) is 4.44. The fourth-order valence-corrected chi connectivity index (χ4v) is 2.61. The minimum Gasteiger partial charge on any atom is -0.398 e. The molecule has 0 spiro atoms. The molecule has 2 heterocycles. The van der Waals surface area contributed by atoms with Crippen molar-refractivity contribution in [3.05, 3.63) is 30.2 Å². The average molecular weight is 245 g/mol. The SMILES string of the molecule is Nc1ccc(F)c2c(N3CCCCC3)nccc12. The Hall–Kier alpha value is -1.84. The zero-order chi connectivity index (χ0) is 12.5. The van der Waals surface area contributed by atoms with E-state index in [2.05, 4.69) is 9.88 Å². The Morgan fingerprint density at radius 2 is 1.89 bits per heavy atom. The van der Waals surface area contributed by atoms with E-state index < -0.39 is 0 Å². The Kier molecular flexibility index (Phi) is 2.78. The van der Waals surface area contributed by atoms with Gasteiger partial charge in [0.15, 0.2) is 0 Å². The van der Waals surface area contributed by atoms with Crippen LogP contribution < -0.4 is 10.6 Å². The van der Waals surface area contributed by atoms with E-state index in [1.165, 1.54) is 12.5 Å². The molecule has 1 aromatic heterocycles. The molecule has 0 saturated carbocycles. The van der Waals surface area contributed by atoms with Gasteiger partial charge < -0.3 is 10.6 Å². The standard InChI is InChI=1S/C14H16FN3/c15-11-4-5-12(16)10-6-7-17-14(13(10)11)18-8-2-1-3-9-18/h4-7H,1-3,8-9,16H2. The number of fused-ring (bicyclic) bond motifs is 1. The first-order valence-corrected chi connectivity index (χ1v) is 6.35. The van der Waals surface area contributed by atoms with Crippen molar-refractivity contribution in [3.63, 3.8) is 0 Å². The van der Waals surface area contributed by atoms with Gasteiger partial charge in [-0.05, 0) is 37.5 Å². The van der Waals surface area contributed by atoms with E-state index in [9.17, 15) is 4.39 Å². The molecule has 0 radical (unpaired) electrons. The Bertz CT molecular complexity index is 577. The molecule has 1 aromatic carbocycles. The summed E-state index contributed by atoms with van der Waals surface area (Å²) in [5, 5.41) is 1.31. The number of hydrogen-bond donors (Lipinski definition) is 1. The van der Waals surface area contributed by atoms with Crippen LogP contribution in [0.1, 0.15) is 19.3 Å². The topological polar surface area (TPSA) is 42.1 Å². The van der Waals surface area contributed by atoms with E-state index >= 15 is 0 Å². The molecule has 4 heteroatoms. The summed E-state index contributed by atoms with van der Waals surface area (Å²) in [6.45, 7) is 1.89. The summed E-state index contributed by atoms with van der Waals surface area (Å²) in [5.41, 5.74) is 6.51. The van der Waals surface area contributed by atoms with Gasteiger partial charge in [0.25, 0.3) is 0 Å². The molecular formula is C14H16FN3. The molecule has 1 aliphatic rings. The first kappa shape index (κ1) is 11.3. The summed E-state index contributed by atoms with van der Waals surface area (Å²) in [4.78, 5) is 6.52. The number of hydrogen-bond acceptors (Lipinski definition) is 3. The van der Waals surface area contributed by atoms with Gasteiger partial charge in [-0.1, -0.05) is 0 Å². The van der Waals surface area contributed by atoms with Crippen molar-refractivity contribution in [2.24, 2.45) is 0 Å². The van der Waals surface area contributed by atoms with Gasteiger partial charge >= 0.3 is 0 Å². The van der Waals surface area contributed by atoms with Gasteiger partial charge in [-0.3, -0.25) is 0 Å². The highest BCUT2D eigenvalue weighted by Crippen LogP contribution is 2.31. The quantitative estimate of drug-likeness (QED) is 0.785. The maximum Gasteiger partial charge on any atom is 0.139 e. The van der Waals surface area contributed by atoms with Crippen molar-refractivity contribution in [2.75, 3.05) is 23.7 Å². The summed E-state index contributed by atoms with van der Waals surface area (Å²) in [6, 6.07) is 4.81. The van der Waals surface area contributed by atoms with Gasteiger partial charge in [-0.15, -0.1) is 0 Å². The second-order valence-corrected chi connectivity index (χ2v) is 4.74. The highest BCUT2D eigenvalue weighted by atomic mass is 19.1. The summed E-state index contributed by atoms with van der Waals surface area (Å²) in [7, 11) is 0. The molecule has 18 heavy (non-hydrogen) atoms. The largest absolute Gasteiger partial charge is 0.398 e. The van der Waals surface area contributed by atoms with Crippen molar-refractivity contribution in [3.8, 4) is 0 Å². The summed E-state index contributed by atoms with van der Waals surface area (Å²) in [5.74, 6) is 0.491. The van der Waals surface area contributed by atoms with Crippen molar-refractivity contribution < 1.29 is 4.39 Å². The maximum atomic E-state index is 14.1. The smallest absolute Gasteiger partial charge is 0.139 e. The number of pyridine rings is 1. The van der Waals surface area contributed by atoms with Crippen LogP contribution in [0, 0.1) is 5.82 Å². The summed E-state index contributed by atoms with van der Waals surface area (Å²) in [6.07, 6.45) is 5.23. The Morgan fingerprint density at radius 3 is 2.67 bits per heavy atom. The lowest BCUT2D eigenvalue weighted by Gasteiger charge is -2.28. The van der Waals surface area contributed by atoms with Crippen LogP contribution in [0.3, 0.4) is 0 Å². The number of nitrogens with zero attached hydrogens (tertiary/aromatic N) is 2. The molecule has 2 N–H and O–H groups in total. The van der Waals surface area contributed by atoms with Crippen LogP contribution in [0.5, 0.6) is 0 Å². The van der Waals surface area contributed by atoms with E-state index in [1.807, 2.05) is 0 Å². The molecule has 0 bridgehead atoms. The van der Waals surface area contributed by atoms with Crippen LogP contribution in [0.4, 0.5) is 15.9 Å². The van der Waals surface area contributed by atoms with Crippen LogP contribution in [-0.4, -0.2) is 18.1 Å². The van der Waals surface area contributed by atoms with E-state index in [0.717, 1.165) is 37.1 Å². The lowest BCUT2D eigenvalue weighted by molar-refractivity contribution is 0.573. The predicted octanol–water partition coefficient (Wildman–Crippen LogP) is 2.95. The molecule has 3 rings (SSSR count). The van der Waals surface area contributed by atoms with Crippen molar-refractivity contribution >= 4 is 22.3 Å². The first-order chi connectivity index (χ1) is 8.77. The fourth-order valence-electron chi connectivity index (χ4n) is 2.61. The van der Waals surface area contributed by atoms with Crippen LogP contribution in [0.15, 0.2) is 24.4 Å². The number of nitrogen functional groups attached to an aromatic ring is 1. The molecule has 0 aliphatic carbocycles. The monoisotopic (exact) mass is 245 g/mol. The third-order valence-corrected chi connectivity index (χ3v) is 3.55. The summed E-state index contributed by atoms with van der Waals surface area (Å²) < 4.78 is 14.1. The number of nitrogens with two attached hydrogens (primary N) is 1. The fraction of sp³-hybridized carbons (Fsp3) is 0.357. The molecule has 1 saturated heterocycles. The number of rotatable bonds is 1. The van der Waals surface area contributed by atoms with Crippen LogP contribution in [0.25, 0.3) is 10.8 Å². The lowest BCUT2D eigenvalue weighted by atomic mass is 10.1. The van der Waals surface area contributed by atoms with Gasteiger partial charge in [0, 0.05) is 30.4 Å². The molecule has 2 aromatic rings. The van der Waals surface area contributed by atoms with E-state index in [4.69, 9.17) is 5.73 Å². The predicted molar refractivity (Wildman–Crippen MR) is 72.2 cm³/mol. The van der Waals surface area contributed by atoms with E-state index in [-0.39, 0.29) is 5.82 Å². The van der Waals surface area contributed by atoms with Gasteiger partial charge in [0.1, 0.15) is 11.6 Å². The lowest BCUT2D eigenvalue weighted by Crippen LogP contribution is -2.30. The zero-order valence-corrected chi connectivity index (χ0v) is 10.2. The molecule has 1 aliphatic heterocycles. The van der Waals surface area contributed by atoms with Crippen LogP contribution in [0.2, 0.25) is 0 Å². The molecule has 0 unspecified atom stereocenters. The number of aromatic nitrogens is 1. The van der Waals surface area contributed by atoms with Crippen molar-refractivity contribution in [1.29, 1.82) is 0 Å². The summed E-state index contributed by atoms with van der Waals surface area (Å²) >= 11 is 0.